The molecule has 3 aromatic rings. The molecule has 0 N–H and O–H groups in total. The van der Waals surface area contributed by atoms with Gasteiger partial charge in [0.25, 0.3) is 0 Å². The Bertz CT molecular complexity index is 1000. The minimum Gasteiger partial charge on any atom is -0.428 e. The van der Waals surface area contributed by atoms with Crippen LogP contribution >= 0.6 is 0 Å². The van der Waals surface area contributed by atoms with Gasteiger partial charge in [-0.25, -0.2) is 4.79 Å². The predicted molar refractivity (Wildman–Crippen MR) is 137 cm³/mol. The van der Waals surface area contributed by atoms with E-state index in [1.54, 1.807) is 0 Å². The molecule has 0 radical (unpaired) electrons. The zero-order valence-electron chi connectivity index (χ0n) is 20.5. The Morgan fingerprint density at radius 1 is 0.667 bits per heavy atom. The van der Waals surface area contributed by atoms with Crippen LogP contribution in [-0.4, -0.2) is 39.9 Å². The van der Waals surface area contributed by atoms with Crippen LogP contribution in [0.25, 0.3) is 0 Å². The molecule has 33 heavy (non-hydrogen) atoms. The van der Waals surface area contributed by atoms with Gasteiger partial charge in [0.2, 0.25) is 0 Å². The molecule has 0 saturated heterocycles. The topological polar surface area (TPSA) is 42.0 Å². The second kappa shape index (κ2) is 10.2. The number of carbonyl (C=O) groups excluding carboxylic acids is 1. The van der Waals surface area contributed by atoms with Gasteiger partial charge < -0.3 is 19.3 Å². The van der Waals surface area contributed by atoms with Crippen molar-refractivity contribution >= 4 is 28.4 Å². The summed E-state index contributed by atoms with van der Waals surface area (Å²) in [5.74, 6) is 0.461. The lowest BCUT2D eigenvalue weighted by atomic mass is 10.2. The molecule has 0 amide bonds. The van der Waals surface area contributed by atoms with E-state index < -0.39 is 11.8 Å². The van der Waals surface area contributed by atoms with Gasteiger partial charge in [0.05, 0.1) is 10.9 Å². The van der Waals surface area contributed by atoms with Gasteiger partial charge in [-0.15, -0.1) is 0 Å². The van der Waals surface area contributed by atoms with Crippen molar-refractivity contribution in [3.8, 4) is 5.75 Å². The summed E-state index contributed by atoms with van der Waals surface area (Å²) in [6, 6.07) is 25.0. The Balaban J connectivity index is 1.93. The van der Waals surface area contributed by atoms with Gasteiger partial charge in [-0.2, -0.15) is 0 Å². The number of carbonyl (C=O) groups is 1. The fourth-order valence-corrected chi connectivity index (χ4v) is 5.22. The van der Waals surface area contributed by atoms with Crippen molar-refractivity contribution in [3.05, 3.63) is 72.8 Å². The minimum atomic E-state index is -0.701. The minimum absolute atomic E-state index is 0.303. The summed E-state index contributed by atoms with van der Waals surface area (Å²) < 4.78 is 10.6. The summed E-state index contributed by atoms with van der Waals surface area (Å²) in [6.07, 6.45) is -0.701. The molecule has 0 aliphatic carbocycles. The van der Waals surface area contributed by atoms with Crippen LogP contribution in [0.2, 0.25) is 0 Å². The van der Waals surface area contributed by atoms with Crippen LogP contribution in [0.5, 0.6) is 5.75 Å². The number of anilines is 2. The van der Waals surface area contributed by atoms with Crippen molar-refractivity contribution < 1.29 is 14.3 Å². The summed E-state index contributed by atoms with van der Waals surface area (Å²) in [7, 11) is 7.86. The van der Waals surface area contributed by atoms with Crippen LogP contribution in [0.1, 0.15) is 20.8 Å². The number of rotatable bonds is 6. The molecule has 0 aliphatic heterocycles. The quantitative estimate of drug-likeness (QED) is 0.245. The highest BCUT2D eigenvalue weighted by Crippen LogP contribution is 2.34. The van der Waals surface area contributed by atoms with E-state index in [1.165, 1.54) is 9.79 Å². The SMILES string of the molecule is CN(C)c1ccc([S+](c2ccc(OC(=O)OC(C)(C)C)cc2)c2ccc(N(C)C)cc2)cc1. The molecular weight excluding hydrogens is 432 g/mol. The van der Waals surface area contributed by atoms with Crippen LogP contribution < -0.4 is 14.5 Å². The monoisotopic (exact) mass is 465 g/mol. The first-order chi connectivity index (χ1) is 15.5. The summed E-state index contributed by atoms with van der Waals surface area (Å²) in [4.78, 5) is 19.8. The molecule has 0 fully saturated rings. The second-order valence-electron chi connectivity index (χ2n) is 9.12. The third kappa shape index (κ3) is 6.68. The molecule has 0 aromatic heterocycles. The third-order valence-electron chi connectivity index (χ3n) is 4.83. The van der Waals surface area contributed by atoms with Gasteiger partial charge in [0.1, 0.15) is 11.4 Å². The van der Waals surface area contributed by atoms with Crippen molar-refractivity contribution in [1.82, 2.24) is 0 Å². The Labute approximate surface area is 200 Å². The van der Waals surface area contributed by atoms with E-state index in [1.807, 2.05) is 73.2 Å². The molecule has 0 aliphatic rings. The molecule has 6 heteroatoms. The van der Waals surface area contributed by atoms with Crippen molar-refractivity contribution in [2.45, 2.75) is 41.1 Å². The van der Waals surface area contributed by atoms with E-state index in [0.717, 1.165) is 16.3 Å². The van der Waals surface area contributed by atoms with Crippen molar-refractivity contribution in [3.63, 3.8) is 0 Å². The summed E-state index contributed by atoms with van der Waals surface area (Å²) in [5, 5.41) is 0. The normalized spacial score (nSPS) is 11.3. The number of benzene rings is 3. The van der Waals surface area contributed by atoms with Crippen molar-refractivity contribution in [2.75, 3.05) is 38.0 Å². The van der Waals surface area contributed by atoms with Crippen LogP contribution in [0.3, 0.4) is 0 Å². The van der Waals surface area contributed by atoms with Crippen LogP contribution in [0, 0.1) is 0 Å². The first-order valence-corrected chi connectivity index (χ1v) is 12.1. The maximum atomic E-state index is 12.0. The molecule has 3 aromatic carbocycles. The molecule has 0 atom stereocenters. The first kappa shape index (κ1) is 24.5. The molecule has 0 spiro atoms. The van der Waals surface area contributed by atoms with E-state index in [9.17, 15) is 4.79 Å². The van der Waals surface area contributed by atoms with Crippen molar-refractivity contribution in [2.24, 2.45) is 0 Å². The number of hydrogen-bond acceptors (Lipinski definition) is 5. The maximum Gasteiger partial charge on any atom is 0.514 e. The lowest BCUT2D eigenvalue weighted by molar-refractivity contribution is 0.0206. The molecule has 174 valence electrons. The average molecular weight is 466 g/mol. The van der Waals surface area contributed by atoms with Crippen LogP contribution in [-0.2, 0) is 15.6 Å². The fraction of sp³-hybridized carbons (Fsp3) is 0.296. The predicted octanol–water partition coefficient (Wildman–Crippen LogP) is 6.23. The average Bonchev–Trinajstić information content (AvgIpc) is 2.74. The number of nitrogens with zero attached hydrogens (tertiary/aromatic N) is 2. The molecule has 0 unspecified atom stereocenters. The van der Waals surface area contributed by atoms with Gasteiger partial charge in [-0.05, 0) is 93.6 Å². The standard InChI is InChI=1S/C27H33N2O3S/c1-27(2,3)32-26(30)31-22-12-18-25(19-13-22)33(23-14-8-20(9-15-23)28(4)5)24-16-10-21(11-17-24)29(6)7/h8-19H,1-7H3/q+1. The molecule has 5 nitrogen and oxygen atoms in total. The Morgan fingerprint density at radius 3 is 1.36 bits per heavy atom. The molecule has 3 rings (SSSR count). The number of ether oxygens (including phenoxy) is 2. The number of hydrogen-bond donors (Lipinski definition) is 0. The highest BCUT2D eigenvalue weighted by Gasteiger charge is 2.29. The van der Waals surface area contributed by atoms with Crippen LogP contribution in [0.15, 0.2) is 87.5 Å². The van der Waals surface area contributed by atoms with Crippen molar-refractivity contribution in [1.29, 1.82) is 0 Å². The van der Waals surface area contributed by atoms with E-state index in [0.29, 0.717) is 5.75 Å². The van der Waals surface area contributed by atoms with Gasteiger partial charge in [-0.3, -0.25) is 0 Å². The highest BCUT2D eigenvalue weighted by molar-refractivity contribution is 7.97. The summed E-state index contributed by atoms with van der Waals surface area (Å²) >= 11 is 0. The Hall–Kier alpha value is -3.12. The lowest BCUT2D eigenvalue weighted by Crippen LogP contribution is -2.25. The molecule has 0 heterocycles. The molecular formula is C27H33N2O3S+. The Kier molecular flexibility index (Phi) is 7.59. The van der Waals surface area contributed by atoms with E-state index >= 15 is 0 Å². The summed E-state index contributed by atoms with van der Waals surface area (Å²) in [5.41, 5.74) is 1.72. The molecule has 0 saturated carbocycles. The zero-order chi connectivity index (χ0) is 24.2. The third-order valence-corrected chi connectivity index (χ3v) is 7.06. The molecule has 0 bridgehead atoms. The van der Waals surface area contributed by atoms with E-state index in [-0.39, 0.29) is 10.9 Å². The zero-order valence-corrected chi connectivity index (χ0v) is 21.3. The van der Waals surface area contributed by atoms with Gasteiger partial charge in [0.15, 0.2) is 14.7 Å². The van der Waals surface area contributed by atoms with E-state index in [2.05, 4.69) is 58.3 Å². The van der Waals surface area contributed by atoms with Crippen LogP contribution in [0.4, 0.5) is 16.2 Å². The van der Waals surface area contributed by atoms with E-state index in [4.69, 9.17) is 9.47 Å². The Morgan fingerprint density at radius 2 is 1.03 bits per heavy atom. The fourth-order valence-electron chi connectivity index (χ4n) is 3.18. The first-order valence-electron chi connectivity index (χ1n) is 10.8. The van der Waals surface area contributed by atoms with Gasteiger partial charge >= 0.3 is 6.16 Å². The highest BCUT2D eigenvalue weighted by atomic mass is 32.2. The second-order valence-corrected chi connectivity index (χ2v) is 11.1. The largest absolute Gasteiger partial charge is 0.514 e. The van der Waals surface area contributed by atoms with Gasteiger partial charge in [0, 0.05) is 39.6 Å². The smallest absolute Gasteiger partial charge is 0.428 e. The summed E-state index contributed by atoms with van der Waals surface area (Å²) in [6.45, 7) is 5.44. The maximum absolute atomic E-state index is 12.0. The lowest BCUT2D eigenvalue weighted by Gasteiger charge is -2.18. The van der Waals surface area contributed by atoms with Gasteiger partial charge in [-0.1, -0.05) is 0 Å².